The van der Waals surface area contributed by atoms with E-state index < -0.39 is 6.10 Å². The molecule has 0 spiro atoms. The van der Waals surface area contributed by atoms with Crippen molar-refractivity contribution in [2.24, 2.45) is 0 Å². The molecule has 1 N–H and O–H groups in total. The summed E-state index contributed by atoms with van der Waals surface area (Å²) < 4.78 is 5.94. The van der Waals surface area contributed by atoms with Crippen LogP contribution in [-0.2, 0) is 4.79 Å². The van der Waals surface area contributed by atoms with Gasteiger partial charge in [-0.25, -0.2) is 0 Å². The number of benzene rings is 3. The lowest BCUT2D eigenvalue weighted by Gasteiger charge is -2.25. The van der Waals surface area contributed by atoms with Crippen molar-refractivity contribution in [3.8, 4) is 5.75 Å². The molecule has 0 unspecified atom stereocenters. The second kappa shape index (κ2) is 9.23. The number of para-hydroxylation sites is 1. The van der Waals surface area contributed by atoms with Crippen molar-refractivity contribution in [2.45, 2.75) is 39.3 Å². The van der Waals surface area contributed by atoms with E-state index in [1.165, 1.54) is 5.56 Å². The molecule has 0 radical (unpaired) electrons. The lowest BCUT2D eigenvalue weighted by molar-refractivity contribution is -0.128. The molecule has 0 saturated heterocycles. The summed E-state index contributed by atoms with van der Waals surface area (Å²) in [7, 11) is 0. The summed E-state index contributed by atoms with van der Waals surface area (Å²) in [5.74, 6) is 0.591. The van der Waals surface area contributed by atoms with Gasteiger partial charge >= 0.3 is 0 Å². The van der Waals surface area contributed by atoms with E-state index >= 15 is 0 Å². The number of rotatable bonds is 7. The number of ether oxygens (including phenoxy) is 1. The van der Waals surface area contributed by atoms with Crippen LogP contribution in [0.3, 0.4) is 0 Å². The van der Waals surface area contributed by atoms with Crippen molar-refractivity contribution in [1.29, 1.82) is 0 Å². The Bertz CT molecular complexity index is 906. The highest BCUT2D eigenvalue weighted by Crippen LogP contribution is 2.26. The van der Waals surface area contributed by atoms with Gasteiger partial charge < -0.3 is 10.1 Å². The Morgan fingerprint density at radius 3 is 2.21 bits per heavy atom. The van der Waals surface area contributed by atoms with Gasteiger partial charge in [-0.05, 0) is 49.1 Å². The Kier molecular flexibility index (Phi) is 6.49. The van der Waals surface area contributed by atoms with Crippen LogP contribution in [0.4, 0.5) is 0 Å². The normalized spacial score (nSPS) is 12.8. The van der Waals surface area contributed by atoms with E-state index in [4.69, 9.17) is 4.74 Å². The van der Waals surface area contributed by atoms with Crippen LogP contribution in [-0.4, -0.2) is 12.0 Å². The van der Waals surface area contributed by atoms with Gasteiger partial charge in [-0.15, -0.1) is 0 Å². The largest absolute Gasteiger partial charge is 0.481 e. The first-order valence-corrected chi connectivity index (χ1v) is 9.72. The zero-order valence-corrected chi connectivity index (χ0v) is 16.7. The van der Waals surface area contributed by atoms with Crippen molar-refractivity contribution in [3.63, 3.8) is 0 Å². The summed E-state index contributed by atoms with van der Waals surface area (Å²) in [6.45, 7) is 6.11. The molecular formula is C25H27NO2. The van der Waals surface area contributed by atoms with Gasteiger partial charge in [0, 0.05) is 0 Å². The van der Waals surface area contributed by atoms with Crippen LogP contribution in [0.25, 0.3) is 0 Å². The highest BCUT2D eigenvalue weighted by atomic mass is 16.5. The van der Waals surface area contributed by atoms with E-state index in [1.54, 1.807) is 0 Å². The minimum absolute atomic E-state index is 0.110. The molecule has 0 aromatic heterocycles. The number of hydrogen-bond acceptors (Lipinski definition) is 2. The zero-order chi connectivity index (χ0) is 19.9. The van der Waals surface area contributed by atoms with Crippen molar-refractivity contribution >= 4 is 5.91 Å². The Hall–Kier alpha value is -3.07. The predicted octanol–water partition coefficient (Wildman–Crippen LogP) is 5.37. The van der Waals surface area contributed by atoms with Gasteiger partial charge in [0.15, 0.2) is 6.10 Å². The fourth-order valence-corrected chi connectivity index (χ4v) is 3.28. The van der Waals surface area contributed by atoms with E-state index in [9.17, 15) is 4.79 Å². The van der Waals surface area contributed by atoms with Gasteiger partial charge in [0.2, 0.25) is 0 Å². The van der Waals surface area contributed by atoms with Gasteiger partial charge in [0.05, 0.1) is 6.04 Å². The van der Waals surface area contributed by atoms with E-state index in [-0.39, 0.29) is 11.9 Å². The Labute approximate surface area is 167 Å². The molecule has 0 saturated carbocycles. The molecule has 0 aliphatic carbocycles. The zero-order valence-electron chi connectivity index (χ0n) is 16.7. The maximum absolute atomic E-state index is 13.1. The maximum Gasteiger partial charge on any atom is 0.261 e. The molecule has 144 valence electrons. The highest BCUT2D eigenvalue weighted by molar-refractivity contribution is 5.82. The number of aryl methyl sites for hydroxylation is 2. The molecule has 2 atom stereocenters. The van der Waals surface area contributed by atoms with Crippen LogP contribution >= 0.6 is 0 Å². The van der Waals surface area contributed by atoms with Gasteiger partial charge in [-0.1, -0.05) is 79.2 Å². The van der Waals surface area contributed by atoms with E-state index in [2.05, 4.69) is 37.4 Å². The number of carbonyl (C=O) groups is 1. The van der Waals surface area contributed by atoms with Crippen molar-refractivity contribution in [1.82, 2.24) is 5.32 Å². The quantitative estimate of drug-likeness (QED) is 0.605. The first-order valence-electron chi connectivity index (χ1n) is 9.72. The summed E-state index contributed by atoms with van der Waals surface area (Å²) in [6, 6.07) is 25.7. The molecule has 3 aromatic rings. The van der Waals surface area contributed by atoms with Gasteiger partial charge in [-0.3, -0.25) is 4.79 Å². The molecule has 3 rings (SSSR count). The third kappa shape index (κ3) is 4.80. The summed E-state index contributed by atoms with van der Waals surface area (Å²) in [5.41, 5.74) is 4.48. The van der Waals surface area contributed by atoms with Crippen LogP contribution in [0, 0.1) is 13.8 Å². The average Bonchev–Trinajstić information content (AvgIpc) is 2.73. The maximum atomic E-state index is 13.1. The second-order valence-corrected chi connectivity index (χ2v) is 7.04. The molecule has 0 bridgehead atoms. The van der Waals surface area contributed by atoms with E-state index in [1.807, 2.05) is 67.6 Å². The van der Waals surface area contributed by atoms with Crippen LogP contribution in [0.2, 0.25) is 0 Å². The van der Waals surface area contributed by atoms with Gasteiger partial charge in [0.1, 0.15) is 5.75 Å². The SMILES string of the molecule is CC[C@H](Oc1ccccc1)C(=O)N[C@@H](c1ccccc1)c1cc(C)ccc1C. The van der Waals surface area contributed by atoms with Crippen molar-refractivity contribution in [3.05, 3.63) is 101 Å². The Balaban J connectivity index is 1.88. The standard InChI is InChI=1S/C25H27NO2/c1-4-23(28-21-13-9-6-10-14-21)25(27)26-24(20-11-7-5-8-12-20)22-17-18(2)15-16-19(22)3/h5-17,23-24H,4H2,1-3H3,(H,26,27)/t23-,24-/m0/s1. The minimum atomic E-state index is -0.543. The number of nitrogens with one attached hydrogen (secondary N) is 1. The van der Waals surface area contributed by atoms with Crippen LogP contribution in [0.15, 0.2) is 78.9 Å². The first-order chi connectivity index (χ1) is 13.6. The monoisotopic (exact) mass is 373 g/mol. The minimum Gasteiger partial charge on any atom is -0.481 e. The number of hydrogen-bond donors (Lipinski definition) is 1. The Morgan fingerprint density at radius 1 is 0.929 bits per heavy atom. The predicted molar refractivity (Wildman–Crippen MR) is 113 cm³/mol. The Morgan fingerprint density at radius 2 is 1.57 bits per heavy atom. The molecule has 0 aliphatic heterocycles. The summed E-state index contributed by atoms with van der Waals surface area (Å²) in [6.07, 6.45) is 0.0495. The summed E-state index contributed by atoms with van der Waals surface area (Å²) in [5, 5.41) is 3.22. The van der Waals surface area contributed by atoms with Gasteiger partial charge in [-0.2, -0.15) is 0 Å². The van der Waals surface area contributed by atoms with E-state index in [0.717, 1.165) is 16.7 Å². The topological polar surface area (TPSA) is 38.3 Å². The van der Waals surface area contributed by atoms with Crippen molar-refractivity contribution < 1.29 is 9.53 Å². The average molecular weight is 373 g/mol. The molecule has 1 amide bonds. The second-order valence-electron chi connectivity index (χ2n) is 7.04. The molecule has 3 aromatic carbocycles. The third-order valence-electron chi connectivity index (χ3n) is 4.85. The number of amides is 1. The lowest BCUT2D eigenvalue weighted by Crippen LogP contribution is -2.40. The lowest BCUT2D eigenvalue weighted by atomic mass is 9.93. The fraction of sp³-hybridized carbons (Fsp3) is 0.240. The summed E-state index contributed by atoms with van der Waals surface area (Å²) in [4.78, 5) is 13.1. The van der Waals surface area contributed by atoms with E-state index in [0.29, 0.717) is 12.2 Å². The summed E-state index contributed by atoms with van der Waals surface area (Å²) >= 11 is 0. The molecule has 3 heteroatoms. The smallest absolute Gasteiger partial charge is 0.261 e. The third-order valence-corrected chi connectivity index (χ3v) is 4.85. The van der Waals surface area contributed by atoms with Gasteiger partial charge in [0.25, 0.3) is 5.91 Å². The van der Waals surface area contributed by atoms with Crippen LogP contribution < -0.4 is 10.1 Å². The molecule has 3 nitrogen and oxygen atoms in total. The molecule has 0 fully saturated rings. The molecule has 0 heterocycles. The highest BCUT2D eigenvalue weighted by Gasteiger charge is 2.24. The fourth-order valence-electron chi connectivity index (χ4n) is 3.28. The molecular weight excluding hydrogens is 346 g/mol. The first kappa shape index (κ1) is 19.7. The number of carbonyl (C=O) groups excluding carboxylic acids is 1. The molecule has 0 aliphatic rings. The van der Waals surface area contributed by atoms with Crippen molar-refractivity contribution in [2.75, 3.05) is 0 Å². The molecule has 28 heavy (non-hydrogen) atoms. The van der Waals surface area contributed by atoms with Crippen LogP contribution in [0.1, 0.15) is 41.6 Å². The van der Waals surface area contributed by atoms with Crippen LogP contribution in [0.5, 0.6) is 5.75 Å².